The van der Waals surface area contributed by atoms with Crippen LogP contribution in [0.3, 0.4) is 0 Å². The highest BCUT2D eigenvalue weighted by Gasteiger charge is 2.30. The number of nitrogens with one attached hydrogen (secondary N) is 1. The first-order valence-corrected chi connectivity index (χ1v) is 7.46. The lowest BCUT2D eigenvalue weighted by Crippen LogP contribution is -2.46. The van der Waals surface area contributed by atoms with Gasteiger partial charge in [0.05, 0.1) is 17.9 Å². The van der Waals surface area contributed by atoms with Gasteiger partial charge in [-0.3, -0.25) is 4.79 Å². The summed E-state index contributed by atoms with van der Waals surface area (Å²) in [4.78, 5) is 16.3. The number of carbonyl (C=O) groups is 1. The summed E-state index contributed by atoms with van der Waals surface area (Å²) in [6, 6.07) is 6.13. The van der Waals surface area contributed by atoms with E-state index >= 15 is 0 Å². The molecule has 2 heterocycles. The SMILES string of the molecule is CN1CC(=O)N(CC2CCNC2)c2ccc(Br)cc21. The quantitative estimate of drug-likeness (QED) is 0.902. The molecule has 0 bridgehead atoms. The third kappa shape index (κ3) is 2.49. The minimum Gasteiger partial charge on any atom is -0.364 e. The van der Waals surface area contributed by atoms with Crippen LogP contribution in [0.5, 0.6) is 0 Å². The fourth-order valence-corrected chi connectivity index (χ4v) is 3.22. The zero-order chi connectivity index (χ0) is 13.4. The van der Waals surface area contributed by atoms with Crippen LogP contribution in [0.15, 0.2) is 22.7 Å². The standard InChI is InChI=1S/C14H18BrN3O/c1-17-9-14(19)18(8-10-4-5-16-7-10)12-3-2-11(15)6-13(12)17/h2-3,6,10,16H,4-5,7-9H2,1H3. The highest BCUT2D eigenvalue weighted by molar-refractivity contribution is 9.10. The first kappa shape index (κ1) is 12.9. The molecule has 1 aromatic rings. The van der Waals surface area contributed by atoms with E-state index in [9.17, 15) is 4.79 Å². The summed E-state index contributed by atoms with van der Waals surface area (Å²) in [6.07, 6.45) is 1.16. The van der Waals surface area contributed by atoms with Crippen molar-refractivity contribution in [3.63, 3.8) is 0 Å². The van der Waals surface area contributed by atoms with Gasteiger partial charge in [-0.05, 0) is 43.6 Å². The maximum absolute atomic E-state index is 12.3. The van der Waals surface area contributed by atoms with Gasteiger partial charge in [-0.2, -0.15) is 0 Å². The molecule has 102 valence electrons. The Balaban J connectivity index is 1.91. The van der Waals surface area contributed by atoms with E-state index in [4.69, 9.17) is 0 Å². The lowest BCUT2D eigenvalue weighted by atomic mass is 10.1. The highest BCUT2D eigenvalue weighted by Crippen LogP contribution is 2.35. The Morgan fingerprint density at radius 3 is 3.00 bits per heavy atom. The van der Waals surface area contributed by atoms with E-state index in [2.05, 4.69) is 27.3 Å². The minimum absolute atomic E-state index is 0.198. The van der Waals surface area contributed by atoms with Gasteiger partial charge in [0.25, 0.3) is 0 Å². The number of benzene rings is 1. The lowest BCUT2D eigenvalue weighted by Gasteiger charge is -2.36. The number of anilines is 2. The van der Waals surface area contributed by atoms with Crippen LogP contribution in [-0.4, -0.2) is 39.1 Å². The van der Waals surface area contributed by atoms with Crippen molar-refractivity contribution < 1.29 is 4.79 Å². The second-order valence-electron chi connectivity index (χ2n) is 5.35. The number of carbonyl (C=O) groups excluding carboxylic acids is 1. The third-order valence-electron chi connectivity index (χ3n) is 3.92. The van der Waals surface area contributed by atoms with Crippen LogP contribution in [0, 0.1) is 5.92 Å². The summed E-state index contributed by atoms with van der Waals surface area (Å²) in [7, 11) is 1.97. The summed E-state index contributed by atoms with van der Waals surface area (Å²) in [5.74, 6) is 0.771. The molecule has 1 aromatic carbocycles. The number of fused-ring (bicyclic) bond motifs is 1. The van der Waals surface area contributed by atoms with Gasteiger partial charge in [0.15, 0.2) is 0 Å². The van der Waals surface area contributed by atoms with Crippen LogP contribution in [0.1, 0.15) is 6.42 Å². The number of nitrogens with zero attached hydrogens (tertiary/aromatic N) is 2. The van der Waals surface area contributed by atoms with Crippen molar-refractivity contribution in [3.05, 3.63) is 22.7 Å². The zero-order valence-electron chi connectivity index (χ0n) is 11.0. The molecule has 1 amide bonds. The number of rotatable bonds is 2. The summed E-state index contributed by atoms with van der Waals surface area (Å²) in [5, 5.41) is 3.36. The molecule has 1 fully saturated rings. The van der Waals surface area contributed by atoms with Crippen LogP contribution in [0.4, 0.5) is 11.4 Å². The van der Waals surface area contributed by atoms with Gasteiger partial charge in [0.2, 0.25) is 5.91 Å². The van der Waals surface area contributed by atoms with E-state index < -0.39 is 0 Å². The molecule has 3 rings (SSSR count). The van der Waals surface area contributed by atoms with E-state index in [1.165, 1.54) is 0 Å². The van der Waals surface area contributed by atoms with E-state index in [1.54, 1.807) is 0 Å². The van der Waals surface area contributed by atoms with Crippen LogP contribution in [0.2, 0.25) is 0 Å². The predicted molar refractivity (Wildman–Crippen MR) is 80.7 cm³/mol. The molecule has 0 spiro atoms. The summed E-state index contributed by atoms with van der Waals surface area (Å²) < 4.78 is 1.05. The molecule has 0 radical (unpaired) electrons. The normalized spacial score (nSPS) is 22.8. The van der Waals surface area contributed by atoms with Gasteiger partial charge in [0.1, 0.15) is 0 Å². The van der Waals surface area contributed by atoms with Crippen LogP contribution >= 0.6 is 15.9 Å². The Morgan fingerprint density at radius 1 is 1.42 bits per heavy atom. The second-order valence-corrected chi connectivity index (χ2v) is 6.27. The largest absolute Gasteiger partial charge is 0.364 e. The van der Waals surface area contributed by atoms with Gasteiger partial charge in [0, 0.05) is 18.1 Å². The number of halogens is 1. The molecular formula is C14H18BrN3O. The van der Waals surface area contributed by atoms with Crippen molar-refractivity contribution in [1.29, 1.82) is 0 Å². The topological polar surface area (TPSA) is 35.6 Å². The Morgan fingerprint density at radius 2 is 2.26 bits per heavy atom. The molecule has 1 atom stereocenters. The maximum atomic E-state index is 12.3. The first-order chi connectivity index (χ1) is 9.15. The van der Waals surface area contributed by atoms with Gasteiger partial charge in [-0.25, -0.2) is 0 Å². The molecule has 5 heteroatoms. The molecule has 1 N–H and O–H groups in total. The Kier molecular flexibility index (Phi) is 3.50. The van der Waals surface area contributed by atoms with Gasteiger partial charge >= 0.3 is 0 Å². The monoisotopic (exact) mass is 323 g/mol. The summed E-state index contributed by atoms with van der Waals surface area (Å²) in [5.41, 5.74) is 2.16. The lowest BCUT2D eigenvalue weighted by molar-refractivity contribution is -0.117. The molecule has 0 saturated carbocycles. The molecule has 0 aliphatic carbocycles. The second kappa shape index (κ2) is 5.13. The van der Waals surface area contributed by atoms with Crippen LogP contribution in [-0.2, 0) is 4.79 Å². The first-order valence-electron chi connectivity index (χ1n) is 6.67. The number of amides is 1. The summed E-state index contributed by atoms with van der Waals surface area (Å²) in [6.45, 7) is 3.38. The zero-order valence-corrected chi connectivity index (χ0v) is 12.6. The van der Waals surface area contributed by atoms with Crippen LogP contribution < -0.4 is 15.1 Å². The fourth-order valence-electron chi connectivity index (χ4n) is 2.87. The average Bonchev–Trinajstić information content (AvgIpc) is 2.87. The number of hydrogen-bond acceptors (Lipinski definition) is 3. The molecule has 0 aromatic heterocycles. The van der Waals surface area contributed by atoms with Crippen LogP contribution in [0.25, 0.3) is 0 Å². The Labute approximate surface area is 121 Å². The van der Waals surface area contributed by atoms with Crippen molar-refractivity contribution in [2.24, 2.45) is 5.92 Å². The van der Waals surface area contributed by atoms with Crippen molar-refractivity contribution in [3.8, 4) is 0 Å². The maximum Gasteiger partial charge on any atom is 0.246 e. The number of hydrogen-bond donors (Lipinski definition) is 1. The van der Waals surface area contributed by atoms with Crippen molar-refractivity contribution >= 4 is 33.2 Å². The Hall–Kier alpha value is -1.07. The predicted octanol–water partition coefficient (Wildman–Crippen LogP) is 1.84. The summed E-state index contributed by atoms with van der Waals surface area (Å²) >= 11 is 3.50. The molecule has 2 aliphatic rings. The van der Waals surface area contributed by atoms with Crippen molar-refractivity contribution in [2.75, 3.05) is 43.0 Å². The van der Waals surface area contributed by atoms with Crippen molar-refractivity contribution in [1.82, 2.24) is 5.32 Å². The molecular weight excluding hydrogens is 306 g/mol. The molecule has 1 unspecified atom stereocenters. The van der Waals surface area contributed by atoms with E-state index in [-0.39, 0.29) is 5.91 Å². The van der Waals surface area contributed by atoms with E-state index in [0.29, 0.717) is 12.5 Å². The highest BCUT2D eigenvalue weighted by atomic mass is 79.9. The third-order valence-corrected chi connectivity index (χ3v) is 4.41. The fraction of sp³-hybridized carbons (Fsp3) is 0.500. The van der Waals surface area contributed by atoms with E-state index in [0.717, 1.165) is 41.9 Å². The number of likely N-dealkylation sites (N-methyl/N-ethyl adjacent to an activating group) is 1. The molecule has 4 nitrogen and oxygen atoms in total. The van der Waals surface area contributed by atoms with E-state index in [1.807, 2.05) is 29.0 Å². The molecule has 1 saturated heterocycles. The van der Waals surface area contributed by atoms with Gasteiger partial charge in [-0.1, -0.05) is 15.9 Å². The average molecular weight is 324 g/mol. The smallest absolute Gasteiger partial charge is 0.246 e. The van der Waals surface area contributed by atoms with Gasteiger partial charge in [-0.15, -0.1) is 0 Å². The Bertz CT molecular complexity index is 499. The minimum atomic E-state index is 0.198. The van der Waals surface area contributed by atoms with Gasteiger partial charge < -0.3 is 15.1 Å². The molecule has 19 heavy (non-hydrogen) atoms. The molecule has 2 aliphatic heterocycles. The van der Waals surface area contributed by atoms with Crippen molar-refractivity contribution in [2.45, 2.75) is 6.42 Å².